The first-order valence-corrected chi connectivity index (χ1v) is 3.60. The molecular formula is C8H15N3. The van der Waals surface area contributed by atoms with Crippen molar-refractivity contribution in [1.29, 1.82) is 0 Å². The van der Waals surface area contributed by atoms with Crippen molar-refractivity contribution in [3.63, 3.8) is 0 Å². The van der Waals surface area contributed by atoms with Crippen LogP contribution in [0.5, 0.6) is 0 Å². The highest BCUT2D eigenvalue weighted by atomic mass is 14.9. The molecule has 2 N–H and O–H groups in total. The Morgan fingerprint density at radius 1 is 1.36 bits per heavy atom. The molecule has 0 aliphatic heterocycles. The molecule has 0 aromatic rings. The first-order valence-electron chi connectivity index (χ1n) is 3.60. The van der Waals surface area contributed by atoms with Gasteiger partial charge in [0.15, 0.2) is 0 Å². The van der Waals surface area contributed by atoms with E-state index in [1.807, 2.05) is 6.92 Å². The third-order valence-electron chi connectivity index (χ3n) is 1.41. The number of allylic oxidation sites excluding steroid dienone is 1. The normalized spacial score (nSPS) is 14.0. The summed E-state index contributed by atoms with van der Waals surface area (Å²) in [5.41, 5.74) is 6.23. The molecule has 3 heteroatoms. The molecule has 11 heavy (non-hydrogen) atoms. The molecule has 0 aliphatic rings. The highest BCUT2D eigenvalue weighted by Gasteiger charge is 1.92. The summed E-state index contributed by atoms with van der Waals surface area (Å²) in [4.78, 5) is 7.54. The maximum atomic E-state index is 5.00. The summed E-state index contributed by atoms with van der Waals surface area (Å²) in [6, 6.07) is 0. The van der Waals surface area contributed by atoms with E-state index in [1.54, 1.807) is 6.20 Å². The number of aliphatic imine (C=N–C) groups is 2. The minimum absolute atomic E-state index is 0.536. The molecule has 0 aromatic carbocycles. The zero-order valence-corrected chi connectivity index (χ0v) is 7.28. The van der Waals surface area contributed by atoms with Gasteiger partial charge in [-0.1, -0.05) is 19.4 Å². The summed E-state index contributed by atoms with van der Waals surface area (Å²) >= 11 is 0. The molecule has 0 radical (unpaired) electrons. The lowest BCUT2D eigenvalue weighted by molar-refractivity contribution is 0.766. The standard InChI is InChI=1S/C8H15N3/c1-7(2)8(3)4-10-6-11-5-9/h4-7H,1-3H3,(H2,9,10,11)/b8-4+. The fourth-order valence-corrected chi connectivity index (χ4v) is 0.377. The summed E-state index contributed by atoms with van der Waals surface area (Å²) < 4.78 is 0. The van der Waals surface area contributed by atoms with Crippen LogP contribution in [0.15, 0.2) is 21.8 Å². The predicted octanol–water partition coefficient (Wildman–Crippen LogP) is 1.56. The van der Waals surface area contributed by atoms with Gasteiger partial charge in [-0.05, 0) is 12.8 Å². The molecule has 3 nitrogen and oxygen atoms in total. The molecule has 0 rings (SSSR count). The Morgan fingerprint density at radius 3 is 2.45 bits per heavy atom. The van der Waals surface area contributed by atoms with Gasteiger partial charge in [0.05, 0.1) is 6.34 Å². The van der Waals surface area contributed by atoms with Crippen molar-refractivity contribution in [2.75, 3.05) is 0 Å². The molecule has 0 aromatic heterocycles. The second-order valence-corrected chi connectivity index (χ2v) is 2.59. The highest BCUT2D eigenvalue weighted by molar-refractivity contribution is 5.69. The molecule has 0 amide bonds. The second-order valence-electron chi connectivity index (χ2n) is 2.59. The number of nitrogens with two attached hydrogens (primary N) is 1. The first-order chi connectivity index (χ1) is 5.18. The summed E-state index contributed by atoms with van der Waals surface area (Å²) in [6.45, 7) is 6.27. The number of hydrogen-bond acceptors (Lipinski definition) is 1. The molecular weight excluding hydrogens is 138 g/mol. The summed E-state index contributed by atoms with van der Waals surface area (Å²) in [6.07, 6.45) is 4.42. The van der Waals surface area contributed by atoms with Crippen molar-refractivity contribution in [3.8, 4) is 0 Å². The Balaban J connectivity index is 3.91. The number of nitrogens with zero attached hydrogens (tertiary/aromatic N) is 2. The van der Waals surface area contributed by atoms with E-state index in [9.17, 15) is 0 Å². The van der Waals surface area contributed by atoms with E-state index in [2.05, 4.69) is 23.8 Å². The number of hydrogen-bond donors (Lipinski definition) is 1. The van der Waals surface area contributed by atoms with Crippen LogP contribution >= 0.6 is 0 Å². The van der Waals surface area contributed by atoms with E-state index in [4.69, 9.17) is 5.73 Å². The fourth-order valence-electron chi connectivity index (χ4n) is 0.377. The lowest BCUT2D eigenvalue weighted by Gasteiger charge is -2.00. The van der Waals surface area contributed by atoms with E-state index in [-0.39, 0.29) is 0 Å². The van der Waals surface area contributed by atoms with Crippen molar-refractivity contribution in [2.45, 2.75) is 20.8 Å². The molecule has 0 aliphatic carbocycles. The van der Waals surface area contributed by atoms with Gasteiger partial charge in [-0.15, -0.1) is 0 Å². The van der Waals surface area contributed by atoms with Gasteiger partial charge in [0.1, 0.15) is 6.34 Å². The van der Waals surface area contributed by atoms with Crippen LogP contribution in [0.25, 0.3) is 0 Å². The Hall–Kier alpha value is -1.12. The third-order valence-corrected chi connectivity index (χ3v) is 1.41. The van der Waals surface area contributed by atoms with E-state index < -0.39 is 0 Å². The van der Waals surface area contributed by atoms with Gasteiger partial charge in [0, 0.05) is 6.20 Å². The van der Waals surface area contributed by atoms with Crippen LogP contribution < -0.4 is 5.73 Å². The van der Waals surface area contributed by atoms with Gasteiger partial charge in [-0.25, -0.2) is 9.98 Å². The SMILES string of the molecule is C\C(=C/N=C\N=C/N)C(C)C. The largest absolute Gasteiger partial charge is 0.390 e. The molecule has 0 fully saturated rings. The summed E-state index contributed by atoms with van der Waals surface area (Å²) in [7, 11) is 0. The van der Waals surface area contributed by atoms with E-state index in [0.29, 0.717) is 5.92 Å². The van der Waals surface area contributed by atoms with Gasteiger partial charge in [-0.2, -0.15) is 0 Å². The van der Waals surface area contributed by atoms with Crippen LogP contribution in [0.2, 0.25) is 0 Å². The summed E-state index contributed by atoms with van der Waals surface area (Å²) in [5, 5.41) is 0. The Kier molecular flexibility index (Phi) is 5.07. The van der Waals surface area contributed by atoms with Gasteiger partial charge in [0.25, 0.3) is 0 Å². The van der Waals surface area contributed by atoms with Crippen molar-refractivity contribution in [2.24, 2.45) is 21.6 Å². The van der Waals surface area contributed by atoms with Gasteiger partial charge < -0.3 is 5.73 Å². The van der Waals surface area contributed by atoms with Gasteiger partial charge in [0.2, 0.25) is 0 Å². The Morgan fingerprint density at radius 2 is 2.00 bits per heavy atom. The predicted molar refractivity (Wildman–Crippen MR) is 49.8 cm³/mol. The van der Waals surface area contributed by atoms with Crippen LogP contribution in [0.3, 0.4) is 0 Å². The van der Waals surface area contributed by atoms with Crippen LogP contribution in [0.1, 0.15) is 20.8 Å². The Labute approximate surface area is 67.7 Å². The van der Waals surface area contributed by atoms with Crippen LogP contribution in [0.4, 0.5) is 0 Å². The van der Waals surface area contributed by atoms with Crippen LogP contribution in [-0.2, 0) is 0 Å². The van der Waals surface area contributed by atoms with Crippen LogP contribution in [0, 0.1) is 5.92 Å². The minimum Gasteiger partial charge on any atom is -0.390 e. The molecule has 0 saturated heterocycles. The van der Waals surface area contributed by atoms with Gasteiger partial charge >= 0.3 is 0 Å². The van der Waals surface area contributed by atoms with Crippen molar-refractivity contribution >= 4 is 12.7 Å². The van der Waals surface area contributed by atoms with Crippen molar-refractivity contribution in [3.05, 3.63) is 11.8 Å². The zero-order chi connectivity index (χ0) is 8.69. The topological polar surface area (TPSA) is 50.7 Å². The monoisotopic (exact) mass is 153 g/mol. The van der Waals surface area contributed by atoms with Crippen LogP contribution in [-0.4, -0.2) is 12.7 Å². The molecule has 0 saturated carbocycles. The van der Waals surface area contributed by atoms with E-state index in [0.717, 1.165) is 0 Å². The van der Waals surface area contributed by atoms with Crippen molar-refractivity contribution in [1.82, 2.24) is 0 Å². The van der Waals surface area contributed by atoms with E-state index in [1.165, 1.54) is 18.3 Å². The molecule has 0 heterocycles. The fraction of sp³-hybridized carbons (Fsp3) is 0.500. The lowest BCUT2D eigenvalue weighted by Crippen LogP contribution is -1.88. The Bertz CT molecular complexity index is 178. The van der Waals surface area contributed by atoms with Crippen molar-refractivity contribution < 1.29 is 0 Å². The maximum absolute atomic E-state index is 5.00. The smallest absolute Gasteiger partial charge is 0.117 e. The molecule has 0 bridgehead atoms. The molecule has 62 valence electrons. The minimum atomic E-state index is 0.536. The average molecular weight is 153 g/mol. The maximum Gasteiger partial charge on any atom is 0.117 e. The first kappa shape index (κ1) is 9.88. The number of rotatable bonds is 3. The van der Waals surface area contributed by atoms with Gasteiger partial charge in [-0.3, -0.25) is 0 Å². The second kappa shape index (κ2) is 5.65. The average Bonchev–Trinajstić information content (AvgIpc) is 1.97. The quantitative estimate of drug-likeness (QED) is 0.485. The summed E-state index contributed by atoms with van der Waals surface area (Å²) in [5.74, 6) is 0.536. The zero-order valence-electron chi connectivity index (χ0n) is 7.28. The van der Waals surface area contributed by atoms with E-state index >= 15 is 0 Å². The molecule has 0 atom stereocenters. The lowest BCUT2D eigenvalue weighted by atomic mass is 10.1. The molecule has 0 spiro atoms. The highest BCUT2D eigenvalue weighted by Crippen LogP contribution is 2.06. The third kappa shape index (κ3) is 5.33. The molecule has 0 unspecified atom stereocenters.